The van der Waals surface area contributed by atoms with Crippen LogP contribution >= 0.6 is 0 Å². The molecule has 16 heteroatoms. The molecule has 1 aromatic heterocycles. The lowest BCUT2D eigenvalue weighted by molar-refractivity contribution is -0.303. The predicted molar refractivity (Wildman–Crippen MR) is 183 cm³/mol. The summed E-state index contributed by atoms with van der Waals surface area (Å²) in [5.41, 5.74) is 10.9. The van der Waals surface area contributed by atoms with Crippen LogP contribution in [0, 0.1) is 5.92 Å². The number of phenols is 3. The number of benzene rings is 3. The predicted octanol–water partition coefficient (Wildman–Crippen LogP) is 0.424. The summed E-state index contributed by atoms with van der Waals surface area (Å²) in [4.78, 5) is 29.0. The van der Waals surface area contributed by atoms with Crippen molar-refractivity contribution in [3.05, 3.63) is 81.5 Å². The Morgan fingerprint density at radius 2 is 1.78 bits per heavy atom. The van der Waals surface area contributed by atoms with Gasteiger partial charge in [-0.3, -0.25) is 9.79 Å². The first-order valence-corrected chi connectivity index (χ1v) is 15.7. The average Bonchev–Trinajstić information content (AvgIpc) is 3.09. The summed E-state index contributed by atoms with van der Waals surface area (Å²) in [6, 6.07) is 14.6. The Morgan fingerprint density at radius 3 is 2.49 bits per heavy atom. The molecule has 16 nitrogen and oxygen atoms in total. The standard InChI is InChI=1S/C35H36N4O12/c1-38-13-17-8-15-4-2-3-5-16(15)9-20(17)21-10-18(40)6-7-19(21)23-11-22(41)26-24(49-23)12-25(27(42)28(26)43)50-33-31(45)35(48,14-39-34(36)37)30(44)29(51-33)32(46)47/h2-7,9-12,17,29-31,33,38,40,42-45,48H,8,13-14H2,1H3,(H,46,47)(H4,36,37,39)/t17-,29-,30+,31-,33-,35-/m0/s1. The first kappa shape index (κ1) is 35.2. The molecule has 268 valence electrons. The van der Waals surface area contributed by atoms with Crippen LogP contribution in [0.25, 0.3) is 33.9 Å². The summed E-state index contributed by atoms with van der Waals surface area (Å²) in [6.45, 7) is -0.273. The highest BCUT2D eigenvalue weighted by Crippen LogP contribution is 2.45. The van der Waals surface area contributed by atoms with Gasteiger partial charge in [0.05, 0.1) is 6.54 Å². The van der Waals surface area contributed by atoms with Gasteiger partial charge in [0.25, 0.3) is 0 Å². The Kier molecular flexibility index (Phi) is 9.37. The van der Waals surface area contributed by atoms with Crippen molar-refractivity contribution in [2.24, 2.45) is 22.4 Å². The highest BCUT2D eigenvalue weighted by molar-refractivity contribution is 5.94. The van der Waals surface area contributed by atoms with Crippen LogP contribution in [0.2, 0.25) is 0 Å². The molecular formula is C35H36N4O12. The van der Waals surface area contributed by atoms with E-state index < -0.39 is 76.7 Å². The van der Waals surface area contributed by atoms with Gasteiger partial charge in [-0.1, -0.05) is 30.3 Å². The van der Waals surface area contributed by atoms with Crippen molar-refractivity contribution >= 4 is 34.5 Å². The number of aliphatic hydroxyl groups is 3. The monoisotopic (exact) mass is 704 g/mol. The van der Waals surface area contributed by atoms with Gasteiger partial charge < -0.3 is 66.4 Å². The van der Waals surface area contributed by atoms with Gasteiger partial charge in [0, 0.05) is 30.2 Å². The van der Waals surface area contributed by atoms with Crippen molar-refractivity contribution in [3.63, 3.8) is 0 Å². The maximum absolute atomic E-state index is 13.5. The molecule has 51 heavy (non-hydrogen) atoms. The maximum atomic E-state index is 13.5. The van der Waals surface area contributed by atoms with Crippen molar-refractivity contribution in [1.82, 2.24) is 5.32 Å². The quantitative estimate of drug-likeness (QED) is 0.0642. The number of nitrogens with zero attached hydrogens (tertiary/aromatic N) is 1. The molecule has 1 saturated heterocycles. The van der Waals surface area contributed by atoms with Crippen molar-refractivity contribution in [3.8, 4) is 34.3 Å². The van der Waals surface area contributed by atoms with Gasteiger partial charge >= 0.3 is 5.97 Å². The molecule has 4 aromatic rings. The van der Waals surface area contributed by atoms with E-state index in [1.165, 1.54) is 6.07 Å². The van der Waals surface area contributed by atoms with E-state index in [1.807, 2.05) is 37.4 Å². The molecule has 0 unspecified atom stereocenters. The molecular weight excluding hydrogens is 668 g/mol. The third-order valence-electron chi connectivity index (χ3n) is 9.09. The summed E-state index contributed by atoms with van der Waals surface area (Å²) >= 11 is 0. The number of carbonyl (C=O) groups is 1. The van der Waals surface area contributed by atoms with E-state index in [9.17, 15) is 45.3 Å². The number of ether oxygens (including phenoxy) is 2. The van der Waals surface area contributed by atoms with Crippen LogP contribution in [0.1, 0.15) is 16.7 Å². The van der Waals surface area contributed by atoms with Crippen molar-refractivity contribution in [1.29, 1.82) is 0 Å². The number of guanidine groups is 1. The number of nitrogens with two attached hydrogens (primary N) is 2. The van der Waals surface area contributed by atoms with Gasteiger partial charge in [-0.05, 0) is 53.9 Å². The van der Waals surface area contributed by atoms with E-state index in [2.05, 4.69) is 10.3 Å². The lowest BCUT2D eigenvalue weighted by atomic mass is 9.79. The normalized spacial score (nSPS) is 24.4. The minimum Gasteiger partial charge on any atom is -0.508 e. The molecule has 6 rings (SSSR count). The number of aliphatic imine (C=N–C) groups is 1. The maximum Gasteiger partial charge on any atom is 0.335 e. The van der Waals surface area contributed by atoms with E-state index in [0.717, 1.165) is 28.8 Å². The summed E-state index contributed by atoms with van der Waals surface area (Å²) in [5, 5.41) is 77.5. The molecule has 12 N–H and O–H groups in total. The fourth-order valence-corrected chi connectivity index (χ4v) is 6.51. The van der Waals surface area contributed by atoms with E-state index in [0.29, 0.717) is 24.1 Å². The molecule has 1 aliphatic carbocycles. The van der Waals surface area contributed by atoms with Gasteiger partial charge in [0.2, 0.25) is 12.0 Å². The minimum atomic E-state index is -2.72. The molecule has 0 radical (unpaired) electrons. The first-order valence-electron chi connectivity index (χ1n) is 15.7. The first-order chi connectivity index (χ1) is 24.2. The van der Waals surface area contributed by atoms with Crippen LogP contribution in [0.5, 0.6) is 23.0 Å². The van der Waals surface area contributed by atoms with E-state index in [1.54, 1.807) is 12.1 Å². The number of hydrogen-bond acceptors (Lipinski definition) is 13. The number of fused-ring (bicyclic) bond motifs is 2. The SMILES string of the molecule is CNC[C@@H]1Cc2ccccc2C=C1c1cc(O)ccc1-c1cc(=O)c2c(O)c(O)c(O[C@H]3O[C@H](C(=O)O)[C@@H](O)[C@@](O)(CN=C(N)N)[C@H]3O)cc2o1. The Bertz CT molecular complexity index is 2130. The van der Waals surface area contributed by atoms with Crippen LogP contribution in [-0.4, -0.2) is 98.0 Å². The van der Waals surface area contributed by atoms with Gasteiger partial charge in [-0.25, -0.2) is 4.79 Å². The molecule has 0 bridgehead atoms. The highest BCUT2D eigenvalue weighted by atomic mass is 16.7. The van der Waals surface area contributed by atoms with Crippen LogP contribution in [0.15, 0.2) is 68.8 Å². The van der Waals surface area contributed by atoms with Crippen molar-refractivity contribution in [2.75, 3.05) is 20.1 Å². The lowest BCUT2D eigenvalue weighted by Gasteiger charge is -2.45. The van der Waals surface area contributed by atoms with Crippen molar-refractivity contribution in [2.45, 2.75) is 36.6 Å². The molecule has 0 saturated carbocycles. The number of carboxylic acid groups (broad SMARTS) is 1. The number of nitrogens with one attached hydrogen (secondary N) is 1. The summed E-state index contributed by atoms with van der Waals surface area (Å²) < 4.78 is 16.9. The molecule has 6 atom stereocenters. The number of aromatic hydroxyl groups is 3. The molecule has 1 fully saturated rings. The zero-order valence-corrected chi connectivity index (χ0v) is 27.1. The number of rotatable bonds is 9. The Morgan fingerprint density at radius 1 is 1.04 bits per heavy atom. The number of phenolic OH excluding ortho intramolecular Hbond substituents is 3. The van der Waals surface area contributed by atoms with Crippen LogP contribution < -0.4 is 26.9 Å². The van der Waals surface area contributed by atoms with Gasteiger partial charge in [0.1, 0.15) is 40.3 Å². The van der Waals surface area contributed by atoms with Crippen LogP contribution in [0.3, 0.4) is 0 Å². The van der Waals surface area contributed by atoms with E-state index in [4.69, 9.17) is 25.4 Å². The molecule has 0 spiro atoms. The van der Waals surface area contributed by atoms with Crippen LogP contribution in [-0.2, 0) is 16.0 Å². The summed E-state index contributed by atoms with van der Waals surface area (Å²) in [7, 11) is 1.83. The van der Waals surface area contributed by atoms with Crippen LogP contribution in [0.4, 0.5) is 0 Å². The number of hydrogen-bond donors (Lipinski definition) is 10. The van der Waals surface area contributed by atoms with Gasteiger partial charge in [-0.2, -0.15) is 0 Å². The molecule has 3 aromatic carbocycles. The highest BCUT2D eigenvalue weighted by Gasteiger charge is 2.58. The second-order valence-electron chi connectivity index (χ2n) is 12.4. The second-order valence-corrected chi connectivity index (χ2v) is 12.4. The Labute approximate surface area is 289 Å². The topological polar surface area (TPSA) is 284 Å². The minimum absolute atomic E-state index is 0.0242. The van der Waals surface area contributed by atoms with Gasteiger partial charge in [0.15, 0.2) is 29.0 Å². The molecule has 2 heterocycles. The zero-order valence-electron chi connectivity index (χ0n) is 27.1. The fourth-order valence-electron chi connectivity index (χ4n) is 6.51. The Hall–Kier alpha value is -5.65. The number of carboxylic acids is 1. The van der Waals surface area contributed by atoms with Crippen molar-refractivity contribution < 1.29 is 54.4 Å². The average molecular weight is 705 g/mol. The molecule has 0 amide bonds. The third kappa shape index (κ3) is 6.42. The van der Waals surface area contributed by atoms with E-state index >= 15 is 0 Å². The summed E-state index contributed by atoms with van der Waals surface area (Å²) in [5.74, 6) is -4.95. The molecule has 1 aliphatic heterocycles. The zero-order chi connectivity index (χ0) is 36.8. The third-order valence-corrected chi connectivity index (χ3v) is 9.09. The summed E-state index contributed by atoms with van der Waals surface area (Å²) in [6.07, 6.45) is -6.02. The largest absolute Gasteiger partial charge is 0.508 e. The van der Waals surface area contributed by atoms with Gasteiger partial charge in [-0.15, -0.1) is 0 Å². The smallest absolute Gasteiger partial charge is 0.335 e. The van der Waals surface area contributed by atoms with E-state index in [-0.39, 0.29) is 23.0 Å². The number of aliphatic carboxylic acids is 1. The Balaban J connectivity index is 1.45. The second kappa shape index (κ2) is 13.6. The fraction of sp³-hybridized carbons (Fsp3) is 0.286. The number of aliphatic hydroxyl groups excluding tert-OH is 2. The molecule has 2 aliphatic rings. The lowest BCUT2D eigenvalue weighted by Crippen LogP contribution is -2.70.